The van der Waals surface area contributed by atoms with E-state index in [1.807, 2.05) is 4.90 Å². The molecule has 0 aliphatic carbocycles. The topological polar surface area (TPSA) is 38.8 Å². The monoisotopic (exact) mass is 344 g/mol. The van der Waals surface area contributed by atoms with Gasteiger partial charge in [0, 0.05) is 44.3 Å². The molecule has 0 saturated carbocycles. The third-order valence-corrected chi connectivity index (χ3v) is 4.24. The largest absolute Gasteiger partial charge is 0.322 e. The van der Waals surface area contributed by atoms with Crippen LogP contribution in [0.5, 0.6) is 0 Å². The van der Waals surface area contributed by atoms with E-state index in [0.29, 0.717) is 15.7 Å². The van der Waals surface area contributed by atoms with Gasteiger partial charge >= 0.3 is 6.03 Å². The molecule has 7 heteroatoms. The maximum Gasteiger partial charge on any atom is 0.321 e. The summed E-state index contributed by atoms with van der Waals surface area (Å²) in [4.78, 5) is 18.6. The summed E-state index contributed by atoms with van der Waals surface area (Å²) in [6, 6.07) is 4.94. The fraction of sp³-hybridized carbons (Fsp3) is 0.533. The Morgan fingerprint density at radius 1 is 1.23 bits per heavy atom. The third kappa shape index (κ3) is 5.02. The smallest absolute Gasteiger partial charge is 0.321 e. The molecule has 2 rings (SSSR count). The lowest BCUT2D eigenvalue weighted by atomic mass is 10.3. The standard InChI is InChI=1S/C15H22Cl2N4O/c1-19(2)5-6-20-7-9-21(10-8-20)15(22)18-14-4-3-12(16)11-13(14)17/h3-4,11H,5-10H2,1-2H3,(H,18,22). The Balaban J connectivity index is 1.82. The first kappa shape index (κ1) is 17.3. The minimum Gasteiger partial charge on any atom is -0.322 e. The summed E-state index contributed by atoms with van der Waals surface area (Å²) in [7, 11) is 4.14. The van der Waals surface area contributed by atoms with Crippen LogP contribution in [0.4, 0.5) is 10.5 Å². The molecule has 22 heavy (non-hydrogen) atoms. The quantitative estimate of drug-likeness (QED) is 0.912. The maximum atomic E-state index is 12.3. The molecule has 1 saturated heterocycles. The molecule has 1 aromatic rings. The van der Waals surface area contributed by atoms with Crippen molar-refractivity contribution in [1.29, 1.82) is 0 Å². The van der Waals surface area contributed by atoms with Gasteiger partial charge in [-0.15, -0.1) is 0 Å². The first-order valence-corrected chi connectivity index (χ1v) is 8.09. The highest BCUT2D eigenvalue weighted by Gasteiger charge is 2.21. The van der Waals surface area contributed by atoms with Gasteiger partial charge in [0.25, 0.3) is 0 Å². The van der Waals surface area contributed by atoms with Crippen LogP contribution < -0.4 is 5.32 Å². The minimum absolute atomic E-state index is 0.114. The van der Waals surface area contributed by atoms with Crippen molar-refractivity contribution in [2.24, 2.45) is 0 Å². The lowest BCUT2D eigenvalue weighted by Crippen LogP contribution is -2.51. The van der Waals surface area contributed by atoms with Gasteiger partial charge in [0.2, 0.25) is 0 Å². The van der Waals surface area contributed by atoms with Gasteiger partial charge in [-0.1, -0.05) is 23.2 Å². The highest BCUT2D eigenvalue weighted by Crippen LogP contribution is 2.25. The molecule has 2 amide bonds. The van der Waals surface area contributed by atoms with Crippen LogP contribution in [-0.4, -0.2) is 74.1 Å². The van der Waals surface area contributed by atoms with Crippen molar-refractivity contribution < 1.29 is 4.79 Å². The van der Waals surface area contributed by atoms with Gasteiger partial charge < -0.3 is 15.1 Å². The minimum atomic E-state index is -0.114. The van der Waals surface area contributed by atoms with Crippen LogP contribution in [0.25, 0.3) is 0 Å². The van der Waals surface area contributed by atoms with E-state index >= 15 is 0 Å². The molecule has 1 fully saturated rings. The van der Waals surface area contributed by atoms with E-state index in [2.05, 4.69) is 29.2 Å². The molecule has 1 aliphatic rings. The van der Waals surface area contributed by atoms with Crippen LogP contribution in [0.2, 0.25) is 10.0 Å². The Hall–Kier alpha value is -1.01. The lowest BCUT2D eigenvalue weighted by molar-refractivity contribution is 0.140. The second kappa shape index (κ2) is 8.02. The zero-order chi connectivity index (χ0) is 16.1. The number of rotatable bonds is 4. The number of hydrogen-bond donors (Lipinski definition) is 1. The molecular formula is C15H22Cl2N4O. The number of urea groups is 1. The molecule has 1 aliphatic heterocycles. The SMILES string of the molecule is CN(C)CCN1CCN(C(=O)Nc2ccc(Cl)cc2Cl)CC1. The average molecular weight is 345 g/mol. The summed E-state index contributed by atoms with van der Waals surface area (Å²) >= 11 is 11.9. The molecule has 0 aromatic heterocycles. The number of nitrogens with one attached hydrogen (secondary N) is 1. The second-order valence-electron chi connectivity index (χ2n) is 5.69. The van der Waals surface area contributed by atoms with E-state index in [-0.39, 0.29) is 6.03 Å². The van der Waals surface area contributed by atoms with Crippen LogP contribution in [0.15, 0.2) is 18.2 Å². The Labute approximate surface area is 141 Å². The highest BCUT2D eigenvalue weighted by molar-refractivity contribution is 6.36. The van der Waals surface area contributed by atoms with Gasteiger partial charge in [0.1, 0.15) is 0 Å². The number of nitrogens with zero attached hydrogens (tertiary/aromatic N) is 3. The molecule has 5 nitrogen and oxygen atoms in total. The fourth-order valence-corrected chi connectivity index (χ4v) is 2.76. The average Bonchev–Trinajstić information content (AvgIpc) is 2.48. The third-order valence-electron chi connectivity index (χ3n) is 3.70. The summed E-state index contributed by atoms with van der Waals surface area (Å²) in [5, 5.41) is 3.84. The van der Waals surface area contributed by atoms with Gasteiger partial charge in [-0.2, -0.15) is 0 Å². The van der Waals surface area contributed by atoms with Crippen molar-refractivity contribution in [3.05, 3.63) is 28.2 Å². The Morgan fingerprint density at radius 2 is 1.91 bits per heavy atom. The predicted octanol–water partition coefficient (Wildman–Crippen LogP) is 2.70. The maximum absolute atomic E-state index is 12.3. The number of anilines is 1. The highest BCUT2D eigenvalue weighted by atomic mass is 35.5. The van der Waals surface area contributed by atoms with Gasteiger partial charge in [0.05, 0.1) is 10.7 Å². The first-order valence-electron chi connectivity index (χ1n) is 7.34. The van der Waals surface area contributed by atoms with Crippen molar-refractivity contribution in [2.45, 2.75) is 0 Å². The van der Waals surface area contributed by atoms with Crippen molar-refractivity contribution in [2.75, 3.05) is 58.7 Å². The molecule has 0 radical (unpaired) electrons. The first-order chi connectivity index (χ1) is 10.5. The van der Waals surface area contributed by atoms with Crippen molar-refractivity contribution in [3.8, 4) is 0 Å². The summed E-state index contributed by atoms with van der Waals surface area (Å²) in [6.07, 6.45) is 0. The lowest BCUT2D eigenvalue weighted by Gasteiger charge is -2.35. The Kier molecular flexibility index (Phi) is 6.32. The van der Waals surface area contributed by atoms with Crippen molar-refractivity contribution in [1.82, 2.24) is 14.7 Å². The van der Waals surface area contributed by atoms with Gasteiger partial charge in [0.15, 0.2) is 0 Å². The van der Waals surface area contributed by atoms with E-state index in [1.54, 1.807) is 18.2 Å². The number of carbonyl (C=O) groups is 1. The number of likely N-dealkylation sites (N-methyl/N-ethyl adjacent to an activating group) is 1. The molecule has 1 aromatic carbocycles. The number of amides is 2. The van der Waals surface area contributed by atoms with Crippen LogP contribution in [-0.2, 0) is 0 Å². The molecule has 122 valence electrons. The summed E-state index contributed by atoms with van der Waals surface area (Å²) in [6.45, 7) is 5.32. The van der Waals surface area contributed by atoms with Gasteiger partial charge in [-0.25, -0.2) is 4.79 Å². The van der Waals surface area contributed by atoms with E-state index < -0.39 is 0 Å². The van der Waals surface area contributed by atoms with E-state index in [0.717, 1.165) is 39.3 Å². The zero-order valence-electron chi connectivity index (χ0n) is 13.0. The molecule has 1 heterocycles. The van der Waals surface area contributed by atoms with E-state index in [9.17, 15) is 4.79 Å². The number of halogens is 2. The molecule has 0 bridgehead atoms. The summed E-state index contributed by atoms with van der Waals surface area (Å²) in [5.41, 5.74) is 0.589. The molecule has 0 atom stereocenters. The van der Waals surface area contributed by atoms with Gasteiger partial charge in [-0.3, -0.25) is 4.90 Å². The van der Waals surface area contributed by atoms with Crippen LogP contribution in [0.1, 0.15) is 0 Å². The van der Waals surface area contributed by atoms with Crippen molar-refractivity contribution >= 4 is 34.9 Å². The summed E-state index contributed by atoms with van der Waals surface area (Å²) < 4.78 is 0. The predicted molar refractivity (Wildman–Crippen MR) is 92.0 cm³/mol. The Bertz CT molecular complexity index is 516. The number of piperazine rings is 1. The number of benzene rings is 1. The fourth-order valence-electron chi connectivity index (χ4n) is 2.30. The van der Waals surface area contributed by atoms with Gasteiger partial charge in [-0.05, 0) is 32.3 Å². The summed E-state index contributed by atoms with van der Waals surface area (Å²) in [5.74, 6) is 0. The molecule has 0 unspecified atom stereocenters. The van der Waals surface area contributed by atoms with Crippen LogP contribution in [0.3, 0.4) is 0 Å². The van der Waals surface area contributed by atoms with E-state index in [4.69, 9.17) is 23.2 Å². The van der Waals surface area contributed by atoms with E-state index in [1.165, 1.54) is 0 Å². The molecule has 0 spiro atoms. The normalized spacial score (nSPS) is 16.1. The van der Waals surface area contributed by atoms with Crippen LogP contribution >= 0.6 is 23.2 Å². The molecular weight excluding hydrogens is 323 g/mol. The van der Waals surface area contributed by atoms with Crippen molar-refractivity contribution in [3.63, 3.8) is 0 Å². The zero-order valence-corrected chi connectivity index (χ0v) is 14.5. The Morgan fingerprint density at radius 3 is 2.50 bits per heavy atom. The second-order valence-corrected chi connectivity index (χ2v) is 6.53. The van der Waals surface area contributed by atoms with Crippen LogP contribution in [0, 0.1) is 0 Å². The molecule has 1 N–H and O–H groups in total. The number of carbonyl (C=O) groups excluding carboxylic acids is 1. The number of hydrogen-bond acceptors (Lipinski definition) is 3.